The van der Waals surface area contributed by atoms with Gasteiger partial charge in [0.15, 0.2) is 5.75 Å². The third-order valence-electron chi connectivity index (χ3n) is 2.27. The Morgan fingerprint density at radius 1 is 1.59 bits per heavy atom. The summed E-state index contributed by atoms with van der Waals surface area (Å²) in [6.07, 6.45) is 0.365. The molecule has 3 N–H and O–H groups in total. The molecule has 0 aliphatic carbocycles. The van der Waals surface area contributed by atoms with Crippen LogP contribution in [0.1, 0.15) is 18.0 Å². The number of nitrogens with zero attached hydrogens (tertiary/aromatic N) is 1. The van der Waals surface area contributed by atoms with Crippen molar-refractivity contribution in [3.63, 3.8) is 0 Å². The summed E-state index contributed by atoms with van der Waals surface area (Å²) >= 11 is 0. The molecule has 1 rings (SSSR count). The van der Waals surface area contributed by atoms with Crippen LogP contribution < -0.4 is 10.5 Å². The number of nitro groups is 1. The maximum atomic E-state index is 10.7. The Balaban J connectivity index is 0.00000256. The maximum absolute atomic E-state index is 10.7. The first-order valence-electron chi connectivity index (χ1n) is 4.79. The lowest BCUT2D eigenvalue weighted by molar-refractivity contribution is -0.385. The summed E-state index contributed by atoms with van der Waals surface area (Å²) in [4.78, 5) is 10.2. The number of halogens is 1. The quantitative estimate of drug-likeness (QED) is 0.617. The fourth-order valence-corrected chi connectivity index (χ4v) is 1.39. The van der Waals surface area contributed by atoms with Crippen LogP contribution in [0.25, 0.3) is 0 Å². The normalized spacial score (nSPS) is 11.5. The second kappa shape index (κ2) is 7.05. The van der Waals surface area contributed by atoms with Gasteiger partial charge in [-0.1, -0.05) is 6.07 Å². The summed E-state index contributed by atoms with van der Waals surface area (Å²) in [5, 5.41) is 19.5. The van der Waals surface area contributed by atoms with Gasteiger partial charge in [-0.05, 0) is 18.1 Å². The van der Waals surface area contributed by atoms with E-state index in [2.05, 4.69) is 0 Å². The summed E-state index contributed by atoms with van der Waals surface area (Å²) < 4.78 is 4.87. The Morgan fingerprint density at radius 3 is 2.71 bits per heavy atom. The molecule has 0 saturated heterocycles. The SMILES string of the molecule is COc1ccc([C@@H](N)CCO)cc1[N+](=O)[O-].Cl. The monoisotopic (exact) mass is 262 g/mol. The minimum Gasteiger partial charge on any atom is -0.490 e. The molecule has 0 unspecified atom stereocenters. The second-order valence-corrected chi connectivity index (χ2v) is 3.31. The van der Waals surface area contributed by atoms with Crippen molar-refractivity contribution >= 4 is 18.1 Å². The van der Waals surface area contributed by atoms with Gasteiger partial charge in [-0.3, -0.25) is 10.1 Å². The van der Waals surface area contributed by atoms with Gasteiger partial charge in [-0.2, -0.15) is 0 Å². The van der Waals surface area contributed by atoms with Crippen molar-refractivity contribution in [2.75, 3.05) is 13.7 Å². The number of rotatable bonds is 5. The van der Waals surface area contributed by atoms with Gasteiger partial charge < -0.3 is 15.6 Å². The number of methoxy groups -OCH3 is 1. The third kappa shape index (κ3) is 3.85. The number of aliphatic hydroxyl groups excluding tert-OH is 1. The van der Waals surface area contributed by atoms with Gasteiger partial charge in [0.2, 0.25) is 0 Å². The number of nitrogens with two attached hydrogens (primary N) is 1. The van der Waals surface area contributed by atoms with Crippen molar-refractivity contribution < 1.29 is 14.8 Å². The van der Waals surface area contributed by atoms with Gasteiger partial charge in [0.25, 0.3) is 0 Å². The Morgan fingerprint density at radius 2 is 2.24 bits per heavy atom. The average Bonchev–Trinajstić information content (AvgIpc) is 2.28. The van der Waals surface area contributed by atoms with E-state index < -0.39 is 11.0 Å². The van der Waals surface area contributed by atoms with E-state index in [9.17, 15) is 10.1 Å². The van der Waals surface area contributed by atoms with Crippen molar-refractivity contribution in [3.8, 4) is 5.75 Å². The molecular weight excluding hydrogens is 248 g/mol. The predicted octanol–water partition coefficient (Wildman–Crippen LogP) is 1.41. The lowest BCUT2D eigenvalue weighted by Gasteiger charge is -2.11. The fraction of sp³-hybridized carbons (Fsp3) is 0.400. The highest BCUT2D eigenvalue weighted by atomic mass is 35.5. The van der Waals surface area contributed by atoms with Crippen LogP contribution >= 0.6 is 12.4 Å². The molecule has 0 saturated carbocycles. The summed E-state index contributed by atoms with van der Waals surface area (Å²) in [5.74, 6) is 0.199. The van der Waals surface area contributed by atoms with Crippen molar-refractivity contribution in [1.29, 1.82) is 0 Å². The largest absolute Gasteiger partial charge is 0.490 e. The number of benzene rings is 1. The van der Waals surface area contributed by atoms with Gasteiger partial charge in [0, 0.05) is 18.7 Å². The molecule has 0 heterocycles. The smallest absolute Gasteiger partial charge is 0.311 e. The van der Waals surface area contributed by atoms with Gasteiger partial charge in [0.1, 0.15) is 0 Å². The van der Waals surface area contributed by atoms with Crippen LogP contribution in [0, 0.1) is 10.1 Å². The summed E-state index contributed by atoms with van der Waals surface area (Å²) in [5.41, 5.74) is 6.24. The van der Waals surface area contributed by atoms with Crippen molar-refractivity contribution in [2.24, 2.45) is 5.73 Å². The van der Waals surface area contributed by atoms with Gasteiger partial charge in [0.05, 0.1) is 12.0 Å². The van der Waals surface area contributed by atoms with Gasteiger partial charge >= 0.3 is 5.69 Å². The number of ether oxygens (including phenoxy) is 1. The molecule has 96 valence electrons. The summed E-state index contributed by atoms with van der Waals surface area (Å²) in [7, 11) is 1.37. The van der Waals surface area contributed by atoms with E-state index in [1.807, 2.05) is 0 Å². The van der Waals surface area contributed by atoms with Crippen LogP contribution in [0.3, 0.4) is 0 Å². The fourth-order valence-electron chi connectivity index (χ4n) is 1.39. The molecule has 1 aromatic rings. The molecule has 0 aromatic heterocycles. The zero-order chi connectivity index (χ0) is 12.1. The molecular formula is C10H15ClN2O4. The molecule has 0 amide bonds. The number of nitro benzene ring substituents is 1. The lowest BCUT2D eigenvalue weighted by Crippen LogP contribution is -2.12. The van der Waals surface area contributed by atoms with Gasteiger partial charge in [-0.15, -0.1) is 12.4 Å². The van der Waals surface area contributed by atoms with Crippen molar-refractivity contribution in [3.05, 3.63) is 33.9 Å². The molecule has 6 nitrogen and oxygen atoms in total. The molecule has 0 spiro atoms. The Bertz CT molecular complexity index is 387. The van der Waals surface area contributed by atoms with E-state index in [0.717, 1.165) is 0 Å². The first-order chi connectivity index (χ1) is 7.60. The minimum absolute atomic E-state index is 0. The number of aliphatic hydroxyl groups is 1. The third-order valence-corrected chi connectivity index (χ3v) is 2.27. The first kappa shape index (κ1) is 15.6. The number of hydrogen-bond donors (Lipinski definition) is 2. The Hall–Kier alpha value is -1.37. The Kier molecular flexibility index (Phi) is 6.48. The zero-order valence-corrected chi connectivity index (χ0v) is 10.1. The summed E-state index contributed by atoms with van der Waals surface area (Å²) in [6, 6.07) is 4.13. The van der Waals surface area contributed by atoms with E-state index in [-0.39, 0.29) is 30.5 Å². The molecule has 0 aliphatic rings. The highest BCUT2D eigenvalue weighted by Crippen LogP contribution is 2.29. The van der Waals surface area contributed by atoms with Crippen LogP contribution in [0.15, 0.2) is 18.2 Å². The molecule has 0 radical (unpaired) electrons. The second-order valence-electron chi connectivity index (χ2n) is 3.31. The highest BCUT2D eigenvalue weighted by molar-refractivity contribution is 5.85. The minimum atomic E-state index is -0.520. The zero-order valence-electron chi connectivity index (χ0n) is 9.33. The lowest BCUT2D eigenvalue weighted by atomic mass is 10.0. The van der Waals surface area contributed by atoms with Crippen molar-refractivity contribution in [2.45, 2.75) is 12.5 Å². The molecule has 17 heavy (non-hydrogen) atoms. The standard InChI is InChI=1S/C10H14N2O4.ClH/c1-16-10-3-2-7(8(11)4-5-13)6-9(10)12(14)15;/h2-3,6,8,13H,4-5,11H2,1H3;1H/t8-;/m0./s1. The average molecular weight is 263 g/mol. The van der Waals surface area contributed by atoms with Crippen LogP contribution in [0.5, 0.6) is 5.75 Å². The van der Waals surface area contributed by atoms with Crippen LogP contribution in [0.4, 0.5) is 5.69 Å². The van der Waals surface area contributed by atoms with E-state index >= 15 is 0 Å². The van der Waals surface area contributed by atoms with Crippen molar-refractivity contribution in [1.82, 2.24) is 0 Å². The van der Waals surface area contributed by atoms with Gasteiger partial charge in [-0.25, -0.2) is 0 Å². The predicted molar refractivity (Wildman–Crippen MR) is 65.5 cm³/mol. The first-order valence-corrected chi connectivity index (χ1v) is 4.79. The van der Waals surface area contributed by atoms with E-state index in [1.165, 1.54) is 19.2 Å². The summed E-state index contributed by atoms with van der Waals surface area (Å²) in [6.45, 7) is -0.0546. The van der Waals surface area contributed by atoms with E-state index in [4.69, 9.17) is 15.6 Å². The topological polar surface area (TPSA) is 98.6 Å². The molecule has 1 aromatic carbocycles. The number of hydrogen-bond acceptors (Lipinski definition) is 5. The van der Waals surface area contributed by atoms with Crippen LogP contribution in [0.2, 0.25) is 0 Å². The molecule has 0 bridgehead atoms. The maximum Gasteiger partial charge on any atom is 0.311 e. The molecule has 1 atom stereocenters. The molecule has 0 fully saturated rings. The molecule has 0 aliphatic heterocycles. The highest BCUT2D eigenvalue weighted by Gasteiger charge is 2.17. The van der Waals surface area contributed by atoms with E-state index in [1.54, 1.807) is 6.07 Å². The van der Waals surface area contributed by atoms with Crippen LogP contribution in [-0.2, 0) is 0 Å². The van der Waals surface area contributed by atoms with E-state index in [0.29, 0.717) is 12.0 Å². The Labute approximate surface area is 105 Å². The molecule has 7 heteroatoms. The van der Waals surface area contributed by atoms with Crippen LogP contribution in [-0.4, -0.2) is 23.7 Å².